The molecule has 7 N–H and O–H groups in total. The molecule has 3 saturated heterocycles. The van der Waals surface area contributed by atoms with Crippen molar-refractivity contribution in [3.63, 3.8) is 0 Å². The third-order valence-electron chi connectivity index (χ3n) is 14.4. The quantitative estimate of drug-likeness (QED) is 0.153. The van der Waals surface area contributed by atoms with Crippen molar-refractivity contribution < 1.29 is 24.0 Å². The Hall–Kier alpha value is -3.21. The molecule has 3 heterocycles. The van der Waals surface area contributed by atoms with Crippen molar-refractivity contribution in [3.05, 3.63) is 24.6 Å². The van der Waals surface area contributed by atoms with Crippen LogP contribution < -0.4 is 32.3 Å². The van der Waals surface area contributed by atoms with Crippen LogP contribution in [0, 0.1) is 62.6 Å². The third-order valence-corrected chi connectivity index (χ3v) is 14.4. The van der Waals surface area contributed by atoms with Crippen LogP contribution >= 0.6 is 0 Å². The van der Waals surface area contributed by atoms with E-state index in [-0.39, 0.29) is 29.2 Å². The van der Waals surface area contributed by atoms with Gasteiger partial charge in [-0.3, -0.25) is 24.0 Å². The summed E-state index contributed by atoms with van der Waals surface area (Å²) in [4.78, 5) is 53.5. The van der Waals surface area contributed by atoms with E-state index in [0.29, 0.717) is 62.6 Å². The minimum Gasteiger partial charge on any atom is -0.389 e. The van der Waals surface area contributed by atoms with Gasteiger partial charge in [-0.1, -0.05) is 151 Å². The van der Waals surface area contributed by atoms with Crippen molar-refractivity contribution >= 4 is 29.3 Å². The van der Waals surface area contributed by atoms with Crippen molar-refractivity contribution in [2.75, 3.05) is 19.6 Å². The number of nitrogens with two attached hydrogens (primary N) is 1. The van der Waals surface area contributed by atoms with Crippen molar-refractivity contribution in [3.8, 4) is 0 Å². The lowest BCUT2D eigenvalue weighted by molar-refractivity contribution is -0.122. The second-order valence-corrected chi connectivity index (χ2v) is 31.6. The number of allylic oxidation sites excluding steroid dienone is 2. The fourth-order valence-corrected chi connectivity index (χ4v) is 11.3. The molecule has 0 bridgehead atoms. The van der Waals surface area contributed by atoms with Crippen LogP contribution in [-0.2, 0) is 24.0 Å². The average Bonchev–Trinajstić information content (AvgIpc) is 3.68. The molecule has 3 aliphatic heterocycles. The number of hydrogen-bond acceptors (Lipinski definition) is 8. The van der Waals surface area contributed by atoms with E-state index < -0.39 is 0 Å². The molecule has 11 nitrogen and oxygen atoms in total. The second kappa shape index (κ2) is 37.9. The summed E-state index contributed by atoms with van der Waals surface area (Å²) < 4.78 is 0. The molecule has 7 aliphatic rings. The Labute approximate surface area is 495 Å². The summed E-state index contributed by atoms with van der Waals surface area (Å²) in [6, 6.07) is 1.01. The van der Waals surface area contributed by atoms with Crippen molar-refractivity contribution in [2.24, 2.45) is 68.3 Å². The first kappa shape index (κ1) is 78.9. The average molecular weight is 1130 g/mol. The van der Waals surface area contributed by atoms with E-state index in [9.17, 15) is 24.0 Å². The van der Waals surface area contributed by atoms with E-state index in [1.165, 1.54) is 88.9 Å². The van der Waals surface area contributed by atoms with Gasteiger partial charge in [0.15, 0.2) is 0 Å². The second-order valence-electron chi connectivity index (χ2n) is 31.6. The normalized spacial score (nSPS) is 24.4. The summed E-state index contributed by atoms with van der Waals surface area (Å²) in [6.07, 6.45) is 23.3. The predicted molar refractivity (Wildman–Crippen MR) is 344 cm³/mol. The fraction of sp³-hybridized carbons (Fsp3) is 0.870. The highest BCUT2D eigenvalue weighted by atomic mass is 16.2. The largest absolute Gasteiger partial charge is 0.389 e. The first-order valence-corrected chi connectivity index (χ1v) is 31.9. The highest BCUT2D eigenvalue weighted by molar-refractivity contribution is 5.83. The van der Waals surface area contributed by atoms with E-state index in [4.69, 9.17) is 5.73 Å². The van der Waals surface area contributed by atoms with Crippen LogP contribution in [-0.4, -0.2) is 66.5 Å². The highest BCUT2D eigenvalue weighted by Crippen LogP contribution is 2.36. The monoisotopic (exact) mass is 1130 g/mol. The predicted octanol–water partition coefficient (Wildman–Crippen LogP) is 16.0. The first-order chi connectivity index (χ1) is 36.4. The van der Waals surface area contributed by atoms with Gasteiger partial charge in [-0.15, -0.1) is 0 Å². The zero-order chi connectivity index (χ0) is 62.5. The zero-order valence-corrected chi connectivity index (χ0v) is 56.9. The Balaban J connectivity index is 0. The SMILES string of the molecule is C=C1C[C@@H](CC(C)(C)C)CN1.C=C1C[C@H](CC(C)(C)C)CN1.CC.CC(=O)NC(C)(C)C.CC(=O)NC1CC1.CC(C)(C)C[C@@H]1CCCC1=O.CC(C)(C)C[C@H]1CCCC1=O.CC(C)(C)C[C@H]1CCCC[C@H]1N.CC1CCNC1=O. The molecule has 4 aliphatic carbocycles. The first-order valence-electron chi connectivity index (χ1n) is 31.9. The van der Waals surface area contributed by atoms with Gasteiger partial charge in [0.25, 0.3) is 0 Å². The molecule has 0 aromatic heterocycles. The Morgan fingerprint density at radius 1 is 0.525 bits per heavy atom. The van der Waals surface area contributed by atoms with Gasteiger partial charge in [0.2, 0.25) is 17.7 Å². The van der Waals surface area contributed by atoms with Gasteiger partial charge in [-0.05, 0) is 168 Å². The van der Waals surface area contributed by atoms with E-state index >= 15 is 0 Å². The summed E-state index contributed by atoms with van der Waals surface area (Å²) >= 11 is 0. The Morgan fingerprint density at radius 2 is 0.912 bits per heavy atom. The standard InChI is InChI=1S/C11H23N.2C10H19N.2C10H18O.C6H13NO.2C5H9NO.C2H6/c1-11(2,3)8-9-6-4-5-7-10(9)12;2*1-8-5-9(7-11-8)6-10(2,3)4;2*1-10(2,3)7-8-5-4-6-9(8)11;1-5(8)7-6(2,3)4;1-4(7)6-5-2-3-5;1-4-2-3-6-5(4)7;1-2/h9-10H,4-8,12H2,1-3H3;2*9,11H,1,5-7H2,2-4H3;2*8H,4-7H2,1-3H3;1-4H3,(H,7,8);5H,2-3H2,1H3,(H,6,7);4H,2-3H2,1H3,(H,6,7);1-2H3/t9-,10-;2*9-;2*8-;;;;/m11010..../s1. The molecule has 0 spiro atoms. The number of ketones is 2. The lowest BCUT2D eigenvalue weighted by atomic mass is 9.75. The highest BCUT2D eigenvalue weighted by Gasteiger charge is 2.31. The summed E-state index contributed by atoms with van der Waals surface area (Å²) in [7, 11) is 0. The minimum atomic E-state index is -0.0775. The molecule has 80 heavy (non-hydrogen) atoms. The van der Waals surface area contributed by atoms with Gasteiger partial charge < -0.3 is 32.3 Å². The smallest absolute Gasteiger partial charge is 0.222 e. The molecule has 0 radical (unpaired) electrons. The maximum atomic E-state index is 11.3. The number of hydrogen-bond donors (Lipinski definition) is 6. The van der Waals surface area contributed by atoms with E-state index in [1.54, 1.807) is 6.92 Å². The maximum absolute atomic E-state index is 11.3. The van der Waals surface area contributed by atoms with Gasteiger partial charge >= 0.3 is 0 Å². The van der Waals surface area contributed by atoms with Crippen molar-refractivity contribution in [1.29, 1.82) is 0 Å². The molecular formula is C69H134N6O5. The van der Waals surface area contributed by atoms with Crippen LogP contribution in [0.4, 0.5) is 0 Å². The van der Waals surface area contributed by atoms with Gasteiger partial charge in [-0.2, -0.15) is 0 Å². The Morgan fingerprint density at radius 3 is 1.11 bits per heavy atom. The Kier molecular flexibility index (Phi) is 37.3. The molecule has 0 aromatic carbocycles. The maximum Gasteiger partial charge on any atom is 0.222 e. The summed E-state index contributed by atoms with van der Waals surface area (Å²) in [6.45, 7) is 59.9. The van der Waals surface area contributed by atoms with Crippen LogP contribution in [0.2, 0.25) is 0 Å². The number of carbonyl (C=O) groups excluding carboxylic acids is 5. The van der Waals surface area contributed by atoms with Crippen LogP contribution in [0.15, 0.2) is 24.6 Å². The lowest BCUT2D eigenvalue weighted by Crippen LogP contribution is -2.38. The third kappa shape index (κ3) is 47.3. The summed E-state index contributed by atoms with van der Waals surface area (Å²) in [5, 5.41) is 14.8. The van der Waals surface area contributed by atoms with Crippen LogP contribution in [0.25, 0.3) is 0 Å². The van der Waals surface area contributed by atoms with Crippen LogP contribution in [0.5, 0.6) is 0 Å². The van der Waals surface area contributed by atoms with Gasteiger partial charge in [0, 0.05) is 93.1 Å². The van der Waals surface area contributed by atoms with Gasteiger partial charge in [0.1, 0.15) is 11.6 Å². The fourth-order valence-electron chi connectivity index (χ4n) is 11.3. The number of amides is 3. The van der Waals surface area contributed by atoms with Crippen LogP contribution in [0.1, 0.15) is 288 Å². The molecule has 7 fully saturated rings. The molecule has 470 valence electrons. The van der Waals surface area contributed by atoms with E-state index in [2.05, 4.69) is 144 Å². The number of nitrogens with one attached hydrogen (secondary N) is 5. The summed E-state index contributed by atoms with van der Waals surface area (Å²) in [5.41, 5.74) is 10.5. The number of carbonyl (C=O) groups is 5. The van der Waals surface area contributed by atoms with E-state index in [1.807, 2.05) is 41.5 Å². The number of Topliss-reactive ketones (excluding diaryl/α,β-unsaturated/α-hetero) is 2. The molecule has 3 amide bonds. The molecular weight excluding hydrogens is 993 g/mol. The van der Waals surface area contributed by atoms with Crippen molar-refractivity contribution in [2.45, 2.75) is 305 Å². The number of rotatable bonds is 6. The zero-order valence-electron chi connectivity index (χ0n) is 56.9. The molecule has 11 heteroatoms. The molecule has 7 atom stereocenters. The lowest BCUT2D eigenvalue weighted by Gasteiger charge is -2.33. The molecule has 7 rings (SSSR count). The Bertz CT molecular complexity index is 1720. The minimum absolute atomic E-state index is 0.0255. The van der Waals surface area contributed by atoms with E-state index in [0.717, 1.165) is 95.2 Å². The molecule has 0 aromatic rings. The van der Waals surface area contributed by atoms with Crippen molar-refractivity contribution in [1.82, 2.24) is 26.6 Å². The van der Waals surface area contributed by atoms with Crippen LogP contribution in [0.3, 0.4) is 0 Å². The summed E-state index contributed by atoms with van der Waals surface area (Å²) in [5.74, 6) is 4.80. The van der Waals surface area contributed by atoms with Gasteiger partial charge in [-0.25, -0.2) is 0 Å². The van der Waals surface area contributed by atoms with Gasteiger partial charge in [0.05, 0.1) is 0 Å². The molecule has 4 saturated carbocycles. The topological polar surface area (TPSA) is 172 Å². The molecule has 1 unspecified atom stereocenters.